The van der Waals surface area contributed by atoms with Crippen LogP contribution in [0.15, 0.2) is 48.9 Å². The molecule has 192 valence electrons. The molecule has 14 heteroatoms. The van der Waals surface area contributed by atoms with Crippen LogP contribution in [-0.4, -0.2) is 33.2 Å². The molecule has 0 spiro atoms. The standard InChI is InChI=1S/C23H17F5N6O3/c1-2-37-21(35)13-9-34-19(20(29)30-10-31-34)18(13)11-3-6-16(15(25)7-11)32-22(36)33-17-8-12(23(26,27)28)4-5-14(17)24/h3-10H,2H2,1H3,(H2,29,30,31)(H2,32,33,36). The lowest BCUT2D eigenvalue weighted by molar-refractivity contribution is -0.137. The number of urea groups is 1. The van der Waals surface area contributed by atoms with Gasteiger partial charge in [0.2, 0.25) is 0 Å². The Morgan fingerprint density at radius 2 is 1.78 bits per heavy atom. The number of ether oxygens (including phenoxy) is 1. The van der Waals surface area contributed by atoms with Crippen molar-refractivity contribution >= 4 is 34.7 Å². The van der Waals surface area contributed by atoms with Crippen LogP contribution in [0.3, 0.4) is 0 Å². The van der Waals surface area contributed by atoms with Crippen LogP contribution in [0.25, 0.3) is 16.6 Å². The maximum absolute atomic E-state index is 15.0. The quantitative estimate of drug-likeness (QED) is 0.249. The van der Waals surface area contributed by atoms with Crippen LogP contribution < -0.4 is 16.4 Å². The number of rotatable bonds is 5. The molecule has 0 bridgehead atoms. The van der Waals surface area contributed by atoms with Gasteiger partial charge in [0, 0.05) is 11.8 Å². The molecule has 0 fully saturated rings. The number of benzene rings is 2. The first-order valence-electron chi connectivity index (χ1n) is 10.5. The van der Waals surface area contributed by atoms with Crippen molar-refractivity contribution in [3.8, 4) is 11.1 Å². The average molecular weight is 520 g/mol. The number of hydrogen-bond acceptors (Lipinski definition) is 6. The molecule has 2 aromatic heterocycles. The number of amides is 2. The van der Waals surface area contributed by atoms with E-state index in [0.717, 1.165) is 12.1 Å². The Hall–Kier alpha value is -4.75. The predicted molar refractivity (Wildman–Crippen MR) is 123 cm³/mol. The Bertz CT molecular complexity index is 1520. The maximum atomic E-state index is 15.0. The summed E-state index contributed by atoms with van der Waals surface area (Å²) in [7, 11) is 0. The number of alkyl halides is 3. The molecule has 2 heterocycles. The molecule has 0 atom stereocenters. The van der Waals surface area contributed by atoms with E-state index in [-0.39, 0.29) is 40.3 Å². The van der Waals surface area contributed by atoms with Crippen molar-refractivity contribution in [3.63, 3.8) is 0 Å². The monoisotopic (exact) mass is 520 g/mol. The number of nitrogens with one attached hydrogen (secondary N) is 2. The Labute approximate surface area is 205 Å². The van der Waals surface area contributed by atoms with E-state index in [4.69, 9.17) is 10.5 Å². The van der Waals surface area contributed by atoms with Crippen LogP contribution in [0.2, 0.25) is 0 Å². The zero-order chi connectivity index (χ0) is 26.9. The lowest BCUT2D eigenvalue weighted by atomic mass is 10.0. The zero-order valence-electron chi connectivity index (χ0n) is 18.9. The highest BCUT2D eigenvalue weighted by molar-refractivity contribution is 6.05. The van der Waals surface area contributed by atoms with Gasteiger partial charge in [0.1, 0.15) is 23.5 Å². The fourth-order valence-electron chi connectivity index (χ4n) is 3.54. The van der Waals surface area contributed by atoms with Crippen LogP contribution in [0, 0.1) is 11.6 Å². The third-order valence-corrected chi connectivity index (χ3v) is 5.15. The van der Waals surface area contributed by atoms with Gasteiger partial charge < -0.3 is 21.1 Å². The van der Waals surface area contributed by atoms with Crippen LogP contribution in [0.1, 0.15) is 22.8 Å². The predicted octanol–water partition coefficient (Wildman–Crippen LogP) is 5.10. The van der Waals surface area contributed by atoms with Crippen molar-refractivity contribution in [1.82, 2.24) is 14.6 Å². The molecular formula is C23H17F5N6O3. The average Bonchev–Trinajstić information content (AvgIpc) is 3.22. The topological polar surface area (TPSA) is 124 Å². The Morgan fingerprint density at radius 3 is 2.46 bits per heavy atom. The number of esters is 1. The van der Waals surface area contributed by atoms with E-state index in [1.807, 2.05) is 5.32 Å². The minimum Gasteiger partial charge on any atom is -0.462 e. The Morgan fingerprint density at radius 1 is 1.05 bits per heavy atom. The summed E-state index contributed by atoms with van der Waals surface area (Å²) in [6.07, 6.45) is -2.25. The number of nitrogens with zero attached hydrogens (tertiary/aromatic N) is 3. The van der Waals surface area contributed by atoms with Gasteiger partial charge in [0.15, 0.2) is 5.82 Å². The fraction of sp³-hybridized carbons (Fsp3) is 0.130. The summed E-state index contributed by atoms with van der Waals surface area (Å²) in [5.74, 6) is -2.80. The van der Waals surface area contributed by atoms with Gasteiger partial charge in [-0.05, 0) is 42.8 Å². The fourth-order valence-corrected chi connectivity index (χ4v) is 3.54. The van der Waals surface area contributed by atoms with Crippen LogP contribution in [-0.2, 0) is 10.9 Å². The van der Waals surface area contributed by atoms with Crippen LogP contribution >= 0.6 is 0 Å². The molecule has 0 radical (unpaired) electrons. The van der Waals surface area contributed by atoms with Gasteiger partial charge in [0.25, 0.3) is 0 Å². The summed E-state index contributed by atoms with van der Waals surface area (Å²) in [5, 5.41) is 8.02. The molecule has 2 amide bonds. The van der Waals surface area contributed by atoms with Gasteiger partial charge >= 0.3 is 18.2 Å². The van der Waals surface area contributed by atoms with Crippen LogP contribution in [0.4, 0.5) is 43.9 Å². The molecule has 9 nitrogen and oxygen atoms in total. The van der Waals surface area contributed by atoms with Crippen molar-refractivity contribution in [1.29, 1.82) is 0 Å². The SMILES string of the molecule is CCOC(=O)c1cn2ncnc(N)c2c1-c1ccc(NC(=O)Nc2cc(C(F)(F)F)ccc2F)c(F)c1. The lowest BCUT2D eigenvalue weighted by Gasteiger charge is -2.13. The number of halogens is 5. The number of nitrogens with two attached hydrogens (primary N) is 1. The molecule has 0 saturated carbocycles. The lowest BCUT2D eigenvalue weighted by Crippen LogP contribution is -2.21. The van der Waals surface area contributed by atoms with Crippen molar-refractivity contribution in [3.05, 3.63) is 71.7 Å². The minimum absolute atomic E-state index is 0.00523. The number of aromatic nitrogens is 3. The summed E-state index contributed by atoms with van der Waals surface area (Å²) in [6, 6.07) is 3.78. The van der Waals surface area contributed by atoms with Crippen molar-refractivity contribution in [2.75, 3.05) is 23.0 Å². The summed E-state index contributed by atoms with van der Waals surface area (Å²) < 4.78 is 73.9. The van der Waals surface area contributed by atoms with Crippen LogP contribution in [0.5, 0.6) is 0 Å². The first-order chi connectivity index (χ1) is 17.5. The van der Waals surface area contributed by atoms with Crippen molar-refractivity contribution in [2.45, 2.75) is 13.1 Å². The number of carbonyl (C=O) groups is 2. The smallest absolute Gasteiger partial charge is 0.416 e. The second-order valence-electron chi connectivity index (χ2n) is 7.54. The van der Waals surface area contributed by atoms with E-state index < -0.39 is 41.1 Å². The molecule has 4 N–H and O–H groups in total. The van der Waals surface area contributed by atoms with E-state index in [2.05, 4.69) is 15.4 Å². The van der Waals surface area contributed by atoms with Crippen molar-refractivity contribution in [2.24, 2.45) is 0 Å². The van der Waals surface area contributed by atoms with Gasteiger partial charge in [-0.15, -0.1) is 0 Å². The number of hydrogen-bond donors (Lipinski definition) is 3. The highest BCUT2D eigenvalue weighted by atomic mass is 19.4. The first-order valence-corrected chi connectivity index (χ1v) is 10.5. The van der Waals surface area contributed by atoms with Gasteiger partial charge in [-0.25, -0.2) is 27.9 Å². The van der Waals surface area contributed by atoms with E-state index >= 15 is 0 Å². The molecule has 0 aliphatic carbocycles. The van der Waals surface area contributed by atoms with E-state index in [1.54, 1.807) is 6.92 Å². The van der Waals surface area contributed by atoms with Gasteiger partial charge in [-0.2, -0.15) is 18.3 Å². The number of fused-ring (bicyclic) bond motifs is 1. The molecule has 0 aliphatic rings. The zero-order valence-corrected chi connectivity index (χ0v) is 18.9. The molecule has 0 unspecified atom stereocenters. The first kappa shape index (κ1) is 25.3. The molecule has 4 aromatic rings. The summed E-state index contributed by atoms with van der Waals surface area (Å²) >= 11 is 0. The van der Waals surface area contributed by atoms with E-state index in [0.29, 0.717) is 18.2 Å². The highest BCUT2D eigenvalue weighted by Gasteiger charge is 2.31. The second-order valence-corrected chi connectivity index (χ2v) is 7.54. The largest absolute Gasteiger partial charge is 0.462 e. The number of nitrogen functional groups attached to an aromatic ring is 1. The number of carbonyl (C=O) groups excluding carboxylic acids is 2. The van der Waals surface area contributed by atoms with E-state index in [9.17, 15) is 31.5 Å². The minimum atomic E-state index is -4.76. The molecule has 37 heavy (non-hydrogen) atoms. The normalized spacial score (nSPS) is 11.4. The Balaban J connectivity index is 1.64. The molecule has 0 aliphatic heterocycles. The number of anilines is 3. The highest BCUT2D eigenvalue weighted by Crippen LogP contribution is 2.35. The van der Waals surface area contributed by atoms with Gasteiger partial charge in [-0.3, -0.25) is 0 Å². The third-order valence-electron chi connectivity index (χ3n) is 5.15. The Kier molecular flexibility index (Phi) is 6.66. The molecule has 4 rings (SSSR count). The van der Waals surface area contributed by atoms with Gasteiger partial charge in [0.05, 0.1) is 29.1 Å². The van der Waals surface area contributed by atoms with Gasteiger partial charge in [-0.1, -0.05) is 6.07 Å². The third kappa shape index (κ3) is 5.12. The summed E-state index contributed by atoms with van der Waals surface area (Å²) in [4.78, 5) is 28.7. The molecule has 0 saturated heterocycles. The summed E-state index contributed by atoms with van der Waals surface area (Å²) in [5.41, 5.74) is 4.24. The molecule has 2 aromatic carbocycles. The maximum Gasteiger partial charge on any atom is 0.416 e. The second kappa shape index (κ2) is 9.72. The van der Waals surface area contributed by atoms with E-state index in [1.165, 1.54) is 23.1 Å². The van der Waals surface area contributed by atoms with Crippen molar-refractivity contribution < 1.29 is 36.3 Å². The summed E-state index contributed by atoms with van der Waals surface area (Å²) in [6.45, 7) is 1.68. The molecular weight excluding hydrogens is 503 g/mol.